The minimum atomic E-state index is -0.838. The number of benzene rings is 1. The number of nitrogens with two attached hydrogens (primary N) is 1. The number of nitrogens with one attached hydrogen (secondary N) is 2. The number of halogens is 1. The number of furan rings is 1. The van der Waals surface area contributed by atoms with E-state index in [1.807, 2.05) is 0 Å². The topological polar surface area (TPSA) is 97.4 Å². The number of carbonyl (C=O) groups is 2. The Bertz CT molecular complexity index is 643. The summed E-state index contributed by atoms with van der Waals surface area (Å²) in [6.45, 7) is 0.215. The second-order valence-electron chi connectivity index (χ2n) is 4.64. The maximum Gasteiger partial charge on any atom is 0.312 e. The third-order valence-electron chi connectivity index (χ3n) is 3.03. The average molecular weight is 305 g/mol. The number of rotatable bonds is 6. The molecule has 7 heteroatoms. The Morgan fingerprint density at radius 3 is 2.64 bits per heavy atom. The van der Waals surface area contributed by atoms with Crippen molar-refractivity contribution in [2.75, 3.05) is 0 Å². The van der Waals surface area contributed by atoms with E-state index in [1.54, 1.807) is 18.2 Å². The first-order valence-corrected chi connectivity index (χ1v) is 6.65. The van der Waals surface area contributed by atoms with Gasteiger partial charge in [0.2, 0.25) is 5.91 Å². The summed E-state index contributed by atoms with van der Waals surface area (Å²) >= 11 is 0. The number of carbonyl (C=O) groups excluding carboxylic acids is 2. The molecular formula is C15H16FN3O3. The molecule has 3 amide bonds. The number of primary amides is 1. The molecule has 2 aromatic rings. The zero-order chi connectivity index (χ0) is 15.9. The predicted octanol–water partition coefficient (Wildman–Crippen LogP) is 1.83. The first-order valence-electron chi connectivity index (χ1n) is 6.65. The average Bonchev–Trinajstić information content (AvgIpc) is 2.98. The molecule has 1 aromatic carbocycles. The molecule has 0 saturated carbocycles. The van der Waals surface area contributed by atoms with Crippen LogP contribution in [0.5, 0.6) is 0 Å². The molecule has 0 aliphatic rings. The van der Waals surface area contributed by atoms with Gasteiger partial charge in [0.1, 0.15) is 11.6 Å². The van der Waals surface area contributed by atoms with Crippen molar-refractivity contribution in [2.24, 2.45) is 5.73 Å². The van der Waals surface area contributed by atoms with E-state index in [1.165, 1.54) is 24.5 Å². The Morgan fingerprint density at radius 2 is 2.00 bits per heavy atom. The molecule has 6 nitrogen and oxygen atoms in total. The fraction of sp³-hybridized carbons (Fsp3) is 0.200. The zero-order valence-corrected chi connectivity index (χ0v) is 11.7. The highest BCUT2D eigenvalue weighted by molar-refractivity contribution is 5.78. The van der Waals surface area contributed by atoms with Crippen LogP contribution in [0.4, 0.5) is 9.18 Å². The largest absolute Gasteiger partial charge is 0.467 e. The predicted molar refractivity (Wildman–Crippen MR) is 77.0 cm³/mol. The minimum Gasteiger partial charge on any atom is -0.467 e. The lowest BCUT2D eigenvalue weighted by atomic mass is 10.0. The van der Waals surface area contributed by atoms with Crippen LogP contribution in [0.15, 0.2) is 47.1 Å². The monoisotopic (exact) mass is 305 g/mol. The van der Waals surface area contributed by atoms with E-state index in [4.69, 9.17) is 10.2 Å². The van der Waals surface area contributed by atoms with Crippen molar-refractivity contribution in [3.63, 3.8) is 0 Å². The summed E-state index contributed by atoms with van der Waals surface area (Å²) in [6, 6.07) is 7.66. The van der Waals surface area contributed by atoms with E-state index in [0.717, 1.165) is 0 Å². The molecule has 1 unspecified atom stereocenters. The summed E-state index contributed by atoms with van der Waals surface area (Å²) in [5, 5.41) is 5.01. The van der Waals surface area contributed by atoms with E-state index in [0.29, 0.717) is 5.76 Å². The van der Waals surface area contributed by atoms with Crippen molar-refractivity contribution >= 4 is 11.9 Å². The van der Waals surface area contributed by atoms with Crippen LogP contribution in [0.2, 0.25) is 0 Å². The number of hydrogen-bond donors (Lipinski definition) is 3. The molecule has 0 spiro atoms. The Balaban J connectivity index is 2.01. The maximum atomic E-state index is 13.8. The van der Waals surface area contributed by atoms with Crippen LogP contribution in [0.1, 0.15) is 23.8 Å². The van der Waals surface area contributed by atoms with Gasteiger partial charge in [-0.3, -0.25) is 4.79 Å². The molecule has 2 rings (SSSR count). The third kappa shape index (κ3) is 4.34. The number of hydrogen-bond acceptors (Lipinski definition) is 3. The van der Waals surface area contributed by atoms with Gasteiger partial charge in [-0.25, -0.2) is 9.18 Å². The van der Waals surface area contributed by atoms with E-state index in [9.17, 15) is 14.0 Å². The van der Waals surface area contributed by atoms with Crippen LogP contribution in [-0.2, 0) is 11.3 Å². The Hall–Kier alpha value is -2.83. The van der Waals surface area contributed by atoms with Crippen molar-refractivity contribution in [1.82, 2.24) is 10.6 Å². The van der Waals surface area contributed by atoms with E-state index < -0.39 is 17.9 Å². The van der Waals surface area contributed by atoms with Crippen molar-refractivity contribution in [2.45, 2.75) is 19.0 Å². The van der Waals surface area contributed by atoms with Crippen LogP contribution >= 0.6 is 0 Å². The molecule has 1 atom stereocenters. The summed E-state index contributed by atoms with van der Waals surface area (Å²) in [4.78, 5) is 23.0. The molecule has 0 radical (unpaired) electrons. The summed E-state index contributed by atoms with van der Waals surface area (Å²) in [6.07, 6.45) is 1.36. The second-order valence-corrected chi connectivity index (χ2v) is 4.64. The molecule has 0 bridgehead atoms. The molecule has 4 N–H and O–H groups in total. The van der Waals surface area contributed by atoms with Gasteiger partial charge < -0.3 is 20.8 Å². The van der Waals surface area contributed by atoms with E-state index >= 15 is 0 Å². The van der Waals surface area contributed by atoms with Crippen molar-refractivity contribution in [3.8, 4) is 0 Å². The van der Waals surface area contributed by atoms with Crippen LogP contribution in [0.25, 0.3) is 0 Å². The van der Waals surface area contributed by atoms with Crippen LogP contribution in [0, 0.1) is 5.82 Å². The smallest absolute Gasteiger partial charge is 0.312 e. The Morgan fingerprint density at radius 1 is 1.23 bits per heavy atom. The van der Waals surface area contributed by atoms with Gasteiger partial charge in [-0.05, 0) is 18.2 Å². The number of urea groups is 1. The van der Waals surface area contributed by atoms with Crippen LogP contribution in [-0.4, -0.2) is 11.9 Å². The quantitative estimate of drug-likeness (QED) is 0.759. The third-order valence-corrected chi connectivity index (χ3v) is 3.03. The highest BCUT2D eigenvalue weighted by Gasteiger charge is 2.20. The summed E-state index contributed by atoms with van der Waals surface area (Å²) < 4.78 is 18.9. The van der Waals surface area contributed by atoms with Gasteiger partial charge in [0, 0.05) is 5.56 Å². The molecule has 1 aromatic heterocycles. The van der Waals surface area contributed by atoms with Crippen LogP contribution < -0.4 is 16.4 Å². The van der Waals surface area contributed by atoms with Crippen molar-refractivity contribution in [3.05, 3.63) is 59.8 Å². The highest BCUT2D eigenvalue weighted by Crippen LogP contribution is 2.20. The lowest BCUT2D eigenvalue weighted by Crippen LogP contribution is -2.37. The minimum absolute atomic E-state index is 0.134. The highest BCUT2D eigenvalue weighted by atomic mass is 19.1. The van der Waals surface area contributed by atoms with Gasteiger partial charge in [0.15, 0.2) is 0 Å². The summed E-state index contributed by atoms with van der Waals surface area (Å²) in [5.74, 6) is -0.280. The van der Waals surface area contributed by atoms with Gasteiger partial charge in [-0.1, -0.05) is 18.2 Å². The van der Waals surface area contributed by atoms with Gasteiger partial charge in [-0.2, -0.15) is 0 Å². The van der Waals surface area contributed by atoms with Crippen molar-refractivity contribution < 1.29 is 18.4 Å². The lowest BCUT2D eigenvalue weighted by Gasteiger charge is -2.18. The van der Waals surface area contributed by atoms with Gasteiger partial charge in [0.05, 0.1) is 25.3 Å². The molecular weight excluding hydrogens is 289 g/mol. The molecule has 22 heavy (non-hydrogen) atoms. The standard InChI is InChI=1S/C15H16FN3O3/c16-12-6-2-1-5-11(12)13(19-15(17)21)8-14(20)18-9-10-4-3-7-22-10/h1-7,13H,8-9H2,(H,18,20)(H3,17,19,21). The Kier molecular flexibility index (Phi) is 5.13. The van der Waals surface area contributed by atoms with Gasteiger partial charge >= 0.3 is 6.03 Å². The maximum absolute atomic E-state index is 13.8. The van der Waals surface area contributed by atoms with E-state index in [-0.39, 0.29) is 24.4 Å². The fourth-order valence-corrected chi connectivity index (χ4v) is 2.02. The first-order chi connectivity index (χ1) is 10.6. The number of amides is 3. The van der Waals surface area contributed by atoms with Gasteiger partial charge in [-0.15, -0.1) is 0 Å². The molecule has 116 valence electrons. The first kappa shape index (κ1) is 15.6. The molecule has 0 saturated heterocycles. The summed E-state index contributed by atoms with van der Waals surface area (Å²) in [5.41, 5.74) is 5.29. The zero-order valence-electron chi connectivity index (χ0n) is 11.7. The summed E-state index contributed by atoms with van der Waals surface area (Å²) in [7, 11) is 0. The van der Waals surface area contributed by atoms with E-state index in [2.05, 4.69) is 10.6 Å². The molecule has 1 heterocycles. The SMILES string of the molecule is NC(=O)NC(CC(=O)NCc1ccco1)c1ccccc1F. The normalized spacial score (nSPS) is 11.7. The second kappa shape index (κ2) is 7.26. The van der Waals surface area contributed by atoms with Crippen LogP contribution in [0.3, 0.4) is 0 Å². The van der Waals surface area contributed by atoms with Crippen molar-refractivity contribution in [1.29, 1.82) is 0 Å². The molecule has 0 fully saturated rings. The fourth-order valence-electron chi connectivity index (χ4n) is 2.02. The molecule has 0 aliphatic carbocycles. The Labute approximate surface area is 126 Å². The lowest BCUT2D eigenvalue weighted by molar-refractivity contribution is -0.121. The molecule has 0 aliphatic heterocycles. The van der Waals surface area contributed by atoms with Gasteiger partial charge in [0.25, 0.3) is 0 Å².